The van der Waals surface area contributed by atoms with Gasteiger partial charge in [-0.15, -0.1) is 0 Å². The molecule has 2 aromatic heterocycles. The summed E-state index contributed by atoms with van der Waals surface area (Å²) in [7, 11) is 0. The maximum absolute atomic E-state index is 11.8. The molecule has 0 saturated carbocycles. The number of nitriles is 1. The molecule has 1 saturated heterocycles. The van der Waals surface area contributed by atoms with E-state index in [2.05, 4.69) is 36.1 Å². The highest BCUT2D eigenvalue weighted by Gasteiger charge is 2.38. The first kappa shape index (κ1) is 20.9. The Balaban J connectivity index is 1.69. The summed E-state index contributed by atoms with van der Waals surface area (Å²) >= 11 is 0. The minimum atomic E-state index is -0.854. The molecule has 4 rings (SSSR count). The zero-order chi connectivity index (χ0) is 22.2. The van der Waals surface area contributed by atoms with E-state index in [4.69, 9.17) is 10.2 Å². The van der Waals surface area contributed by atoms with Gasteiger partial charge in [0.05, 0.1) is 29.1 Å². The van der Waals surface area contributed by atoms with Gasteiger partial charge in [-0.25, -0.2) is 9.78 Å². The molecule has 1 N–H and O–H groups in total. The maximum atomic E-state index is 11.8. The van der Waals surface area contributed by atoms with Gasteiger partial charge in [-0.05, 0) is 29.7 Å². The van der Waals surface area contributed by atoms with Crippen molar-refractivity contribution >= 4 is 11.7 Å². The molecular formula is C24H27N5O2. The fourth-order valence-corrected chi connectivity index (χ4v) is 4.30. The van der Waals surface area contributed by atoms with Crippen LogP contribution in [-0.2, 0) is 6.54 Å². The fraction of sp³-hybridized carbons (Fsp3) is 0.375. The van der Waals surface area contributed by atoms with Crippen molar-refractivity contribution in [1.29, 1.82) is 5.26 Å². The lowest BCUT2D eigenvalue weighted by Crippen LogP contribution is -2.59. The molecule has 0 bridgehead atoms. The number of hydrogen-bond acceptors (Lipinski definition) is 4. The van der Waals surface area contributed by atoms with E-state index in [0.29, 0.717) is 31.7 Å². The summed E-state index contributed by atoms with van der Waals surface area (Å²) in [6.45, 7) is 8.77. The van der Waals surface area contributed by atoms with Crippen LogP contribution in [0.25, 0.3) is 16.9 Å². The van der Waals surface area contributed by atoms with Gasteiger partial charge in [0.25, 0.3) is 0 Å². The number of rotatable bonds is 3. The van der Waals surface area contributed by atoms with E-state index in [1.54, 1.807) is 4.90 Å². The van der Waals surface area contributed by atoms with Gasteiger partial charge >= 0.3 is 6.09 Å². The summed E-state index contributed by atoms with van der Waals surface area (Å²) in [5.74, 6) is 0. The lowest BCUT2D eigenvalue weighted by atomic mass is 9.84. The van der Waals surface area contributed by atoms with E-state index in [9.17, 15) is 9.90 Å². The van der Waals surface area contributed by atoms with Crippen LogP contribution < -0.4 is 0 Å². The Bertz CT molecular complexity index is 1140. The van der Waals surface area contributed by atoms with Crippen LogP contribution in [0, 0.1) is 16.7 Å². The summed E-state index contributed by atoms with van der Waals surface area (Å²) in [6, 6.07) is 15.5. The predicted octanol–water partition coefficient (Wildman–Crippen LogP) is 4.08. The number of imidazole rings is 1. The van der Waals surface area contributed by atoms with Gasteiger partial charge in [-0.2, -0.15) is 5.26 Å². The molecule has 1 unspecified atom stereocenters. The van der Waals surface area contributed by atoms with Gasteiger partial charge < -0.3 is 14.4 Å². The van der Waals surface area contributed by atoms with Crippen LogP contribution in [0.1, 0.15) is 32.0 Å². The van der Waals surface area contributed by atoms with Crippen LogP contribution in [0.15, 0.2) is 48.7 Å². The van der Waals surface area contributed by atoms with Crippen molar-refractivity contribution < 1.29 is 9.90 Å². The highest BCUT2D eigenvalue weighted by molar-refractivity contribution is 5.67. The van der Waals surface area contributed by atoms with Crippen LogP contribution >= 0.6 is 0 Å². The normalized spacial score (nSPS) is 17.6. The quantitative estimate of drug-likeness (QED) is 0.694. The Labute approximate surface area is 182 Å². The molecule has 0 spiro atoms. The third-order valence-electron chi connectivity index (χ3n) is 6.00. The molecular weight excluding hydrogens is 390 g/mol. The monoisotopic (exact) mass is 417 g/mol. The van der Waals surface area contributed by atoms with Gasteiger partial charge in [0.15, 0.2) is 0 Å². The van der Waals surface area contributed by atoms with Crippen molar-refractivity contribution in [2.45, 2.75) is 33.4 Å². The number of hydrogen-bond donors (Lipinski definition) is 1. The van der Waals surface area contributed by atoms with Crippen molar-refractivity contribution in [3.05, 3.63) is 59.9 Å². The summed E-state index contributed by atoms with van der Waals surface area (Å²) in [6.07, 6.45) is 1.16. The van der Waals surface area contributed by atoms with E-state index in [0.717, 1.165) is 22.6 Å². The molecule has 0 aliphatic carbocycles. The minimum Gasteiger partial charge on any atom is -0.465 e. The lowest BCUT2D eigenvalue weighted by molar-refractivity contribution is 0.0186. The molecule has 3 heterocycles. The topological polar surface area (TPSA) is 84.9 Å². The smallest absolute Gasteiger partial charge is 0.407 e. The van der Waals surface area contributed by atoms with E-state index in [1.807, 2.05) is 48.7 Å². The first-order chi connectivity index (χ1) is 14.8. The average Bonchev–Trinajstić information content (AvgIpc) is 3.11. The van der Waals surface area contributed by atoms with Crippen molar-refractivity contribution in [1.82, 2.24) is 19.2 Å². The van der Waals surface area contributed by atoms with Gasteiger partial charge in [0.1, 0.15) is 5.65 Å². The van der Waals surface area contributed by atoms with Crippen LogP contribution in [-0.4, -0.2) is 56.1 Å². The van der Waals surface area contributed by atoms with Crippen LogP contribution in [0.3, 0.4) is 0 Å². The van der Waals surface area contributed by atoms with Crippen LogP contribution in [0.4, 0.5) is 4.79 Å². The standard InChI is InChI=1S/C24H27N5O2/c1-24(2,3)20-16-27(12-13-29(20)23(30)31)15-19-22(18-9-7-17(14-25)8-10-18)26-21-6-4-5-11-28(19)21/h4-11,20H,12-13,15-16H2,1-3H3,(H,30,31). The number of aromatic nitrogens is 2. The largest absolute Gasteiger partial charge is 0.465 e. The minimum absolute atomic E-state index is 0.0868. The molecule has 160 valence electrons. The van der Waals surface area contributed by atoms with Crippen molar-refractivity contribution in [2.24, 2.45) is 5.41 Å². The van der Waals surface area contributed by atoms with Crippen molar-refractivity contribution in [3.8, 4) is 17.3 Å². The average molecular weight is 418 g/mol. The lowest BCUT2D eigenvalue weighted by Gasteiger charge is -2.46. The van der Waals surface area contributed by atoms with E-state index < -0.39 is 6.09 Å². The molecule has 1 aliphatic rings. The number of nitrogens with zero attached hydrogens (tertiary/aromatic N) is 5. The fourth-order valence-electron chi connectivity index (χ4n) is 4.30. The summed E-state index contributed by atoms with van der Waals surface area (Å²) in [4.78, 5) is 20.5. The molecule has 1 amide bonds. The number of amides is 1. The van der Waals surface area contributed by atoms with Gasteiger partial charge in [-0.3, -0.25) is 4.90 Å². The number of fused-ring (bicyclic) bond motifs is 1. The second-order valence-electron chi connectivity index (χ2n) is 9.12. The molecule has 1 fully saturated rings. The Kier molecular flexibility index (Phi) is 5.42. The highest BCUT2D eigenvalue weighted by Crippen LogP contribution is 2.30. The first-order valence-electron chi connectivity index (χ1n) is 10.5. The number of pyridine rings is 1. The Hall–Kier alpha value is -3.37. The zero-order valence-corrected chi connectivity index (χ0v) is 18.1. The Morgan fingerprint density at radius 2 is 1.94 bits per heavy atom. The number of benzene rings is 1. The maximum Gasteiger partial charge on any atom is 0.407 e. The van der Waals surface area contributed by atoms with E-state index in [-0.39, 0.29) is 11.5 Å². The summed E-state index contributed by atoms with van der Waals surface area (Å²) < 4.78 is 2.10. The molecule has 3 aromatic rings. The van der Waals surface area contributed by atoms with Crippen molar-refractivity contribution in [3.63, 3.8) is 0 Å². The summed E-state index contributed by atoms with van der Waals surface area (Å²) in [5.41, 5.74) is 4.25. The second-order valence-corrected chi connectivity index (χ2v) is 9.12. The first-order valence-corrected chi connectivity index (χ1v) is 10.5. The molecule has 1 atom stereocenters. The Morgan fingerprint density at radius 3 is 2.58 bits per heavy atom. The highest BCUT2D eigenvalue weighted by atomic mass is 16.4. The van der Waals surface area contributed by atoms with E-state index >= 15 is 0 Å². The number of carboxylic acid groups (broad SMARTS) is 1. The third kappa shape index (κ3) is 4.12. The molecule has 0 radical (unpaired) electrons. The van der Waals surface area contributed by atoms with Gasteiger partial charge in [0.2, 0.25) is 0 Å². The third-order valence-corrected chi connectivity index (χ3v) is 6.00. The van der Waals surface area contributed by atoms with Gasteiger partial charge in [-0.1, -0.05) is 39.0 Å². The Morgan fingerprint density at radius 1 is 1.19 bits per heavy atom. The number of piperazine rings is 1. The molecule has 1 aliphatic heterocycles. The molecule has 7 nitrogen and oxygen atoms in total. The zero-order valence-electron chi connectivity index (χ0n) is 18.1. The van der Waals surface area contributed by atoms with Crippen LogP contribution in [0.5, 0.6) is 0 Å². The van der Waals surface area contributed by atoms with E-state index in [1.165, 1.54) is 0 Å². The number of carbonyl (C=O) groups is 1. The van der Waals surface area contributed by atoms with Gasteiger partial charge in [0, 0.05) is 37.9 Å². The molecule has 31 heavy (non-hydrogen) atoms. The SMILES string of the molecule is CC(C)(C)C1CN(Cc2c(-c3ccc(C#N)cc3)nc3ccccn23)CCN1C(=O)O. The molecule has 7 heteroatoms. The van der Waals surface area contributed by atoms with Crippen molar-refractivity contribution in [2.75, 3.05) is 19.6 Å². The van der Waals surface area contributed by atoms with Crippen LogP contribution in [0.2, 0.25) is 0 Å². The predicted molar refractivity (Wildman–Crippen MR) is 119 cm³/mol. The summed E-state index contributed by atoms with van der Waals surface area (Å²) in [5, 5.41) is 18.8. The molecule has 1 aromatic carbocycles. The second kappa shape index (κ2) is 8.05.